The average Bonchev–Trinajstić information content (AvgIpc) is 3.17. The molecule has 0 bridgehead atoms. The van der Waals surface area contributed by atoms with E-state index in [-0.39, 0.29) is 24.5 Å². The Hall–Kier alpha value is -1.82. The molecule has 1 aliphatic heterocycles. The third-order valence-corrected chi connectivity index (χ3v) is 5.85. The van der Waals surface area contributed by atoms with Crippen molar-refractivity contribution in [1.29, 1.82) is 5.26 Å². The van der Waals surface area contributed by atoms with Crippen LogP contribution in [0, 0.1) is 23.1 Å². The number of rotatable bonds is 5. The van der Waals surface area contributed by atoms with E-state index in [0.717, 1.165) is 4.90 Å². The van der Waals surface area contributed by atoms with Gasteiger partial charge in [0.1, 0.15) is 17.3 Å². The lowest BCUT2D eigenvalue weighted by molar-refractivity contribution is -0.184. The number of hydrogen-bond acceptors (Lipinski definition) is 4. The first-order valence-corrected chi connectivity index (χ1v) is 9.56. The molecule has 0 aromatic heterocycles. The maximum absolute atomic E-state index is 14.0. The Morgan fingerprint density at radius 2 is 2.04 bits per heavy atom. The largest absolute Gasteiger partial charge is 0.398 e. The fourth-order valence-electron chi connectivity index (χ4n) is 3.58. The summed E-state index contributed by atoms with van der Waals surface area (Å²) in [5.74, 6) is -1.80. The fourth-order valence-corrected chi connectivity index (χ4v) is 4.48. The Labute approximate surface area is 159 Å². The molecule has 2 aliphatic rings. The van der Waals surface area contributed by atoms with Crippen LogP contribution in [0.3, 0.4) is 0 Å². The average molecular weight is 397 g/mol. The van der Waals surface area contributed by atoms with Crippen molar-refractivity contribution in [2.45, 2.75) is 23.0 Å². The summed E-state index contributed by atoms with van der Waals surface area (Å²) in [7, 11) is 0. The lowest BCUT2D eigenvalue weighted by Gasteiger charge is -2.43. The van der Waals surface area contributed by atoms with E-state index < -0.39 is 17.6 Å². The zero-order valence-corrected chi connectivity index (χ0v) is 15.3. The van der Waals surface area contributed by atoms with Gasteiger partial charge in [-0.15, -0.1) is 11.8 Å². The van der Waals surface area contributed by atoms with Crippen molar-refractivity contribution in [2.24, 2.45) is 5.92 Å². The smallest absolute Gasteiger partial charge is 0.303 e. The molecule has 0 radical (unpaired) electrons. The van der Waals surface area contributed by atoms with E-state index in [0.29, 0.717) is 18.8 Å². The molecule has 27 heavy (non-hydrogen) atoms. The molecule has 1 saturated heterocycles. The maximum atomic E-state index is 14.0. The quantitative estimate of drug-likeness (QED) is 0.600. The molecule has 1 aromatic rings. The highest BCUT2D eigenvalue weighted by Crippen LogP contribution is 2.46. The van der Waals surface area contributed by atoms with Gasteiger partial charge in [-0.05, 0) is 36.8 Å². The van der Waals surface area contributed by atoms with E-state index in [1.54, 1.807) is 23.1 Å². The normalized spacial score (nSPS) is 26.0. The van der Waals surface area contributed by atoms with Crippen LogP contribution in [-0.4, -0.2) is 42.1 Å². The van der Waals surface area contributed by atoms with Gasteiger partial charge in [0.25, 0.3) is 0 Å². The third-order valence-electron chi connectivity index (χ3n) is 4.84. The molecule has 0 saturated carbocycles. The Bertz CT molecular complexity index is 761. The SMILES string of the molecule is N#CC1(N2CCNC2)C=CC=C(CCSc2ccc(F)cc2)C1C(F)(F)F. The van der Waals surface area contributed by atoms with Gasteiger partial charge in [0.2, 0.25) is 0 Å². The van der Waals surface area contributed by atoms with Crippen molar-refractivity contribution in [3.8, 4) is 6.07 Å². The first-order valence-electron chi connectivity index (χ1n) is 8.57. The summed E-state index contributed by atoms with van der Waals surface area (Å²) in [5, 5.41) is 12.7. The summed E-state index contributed by atoms with van der Waals surface area (Å²) in [6.07, 6.45) is 0.0651. The molecule has 144 valence electrons. The fraction of sp³-hybridized carbons (Fsp3) is 0.421. The van der Waals surface area contributed by atoms with Gasteiger partial charge < -0.3 is 5.32 Å². The van der Waals surface area contributed by atoms with Gasteiger partial charge in [-0.1, -0.05) is 17.7 Å². The molecule has 3 rings (SSSR count). The molecule has 1 aromatic carbocycles. The Morgan fingerprint density at radius 3 is 2.63 bits per heavy atom. The minimum absolute atomic E-state index is 0.196. The maximum Gasteiger partial charge on any atom is 0.398 e. The van der Waals surface area contributed by atoms with E-state index in [9.17, 15) is 22.8 Å². The van der Waals surface area contributed by atoms with Gasteiger partial charge in [0.15, 0.2) is 0 Å². The van der Waals surface area contributed by atoms with Crippen LogP contribution in [0.2, 0.25) is 0 Å². The van der Waals surface area contributed by atoms with Crippen LogP contribution in [0.15, 0.2) is 53.0 Å². The number of nitrogens with zero attached hydrogens (tertiary/aromatic N) is 2. The Kier molecular flexibility index (Phi) is 5.94. The molecule has 2 unspecified atom stereocenters. The molecule has 8 heteroatoms. The Morgan fingerprint density at radius 1 is 1.30 bits per heavy atom. The van der Waals surface area contributed by atoms with Gasteiger partial charge >= 0.3 is 6.18 Å². The highest BCUT2D eigenvalue weighted by molar-refractivity contribution is 7.99. The molecule has 0 amide bonds. The second-order valence-electron chi connectivity index (χ2n) is 6.49. The van der Waals surface area contributed by atoms with Gasteiger partial charge in [0.05, 0.1) is 6.07 Å². The molecule has 2 atom stereocenters. The zero-order chi connectivity index (χ0) is 19.5. The van der Waals surface area contributed by atoms with Gasteiger partial charge in [-0.25, -0.2) is 4.39 Å². The summed E-state index contributed by atoms with van der Waals surface area (Å²) in [6, 6.07) is 7.80. The molecule has 1 aliphatic carbocycles. The molecule has 1 fully saturated rings. The summed E-state index contributed by atoms with van der Waals surface area (Å²) < 4.78 is 55.0. The van der Waals surface area contributed by atoms with E-state index in [4.69, 9.17) is 0 Å². The van der Waals surface area contributed by atoms with Crippen molar-refractivity contribution in [1.82, 2.24) is 10.2 Å². The van der Waals surface area contributed by atoms with E-state index >= 15 is 0 Å². The molecule has 3 nitrogen and oxygen atoms in total. The minimum atomic E-state index is -4.53. The monoisotopic (exact) mass is 397 g/mol. The predicted molar refractivity (Wildman–Crippen MR) is 96.4 cm³/mol. The third kappa shape index (κ3) is 4.21. The van der Waals surface area contributed by atoms with Crippen LogP contribution in [0.4, 0.5) is 17.6 Å². The van der Waals surface area contributed by atoms with Crippen molar-refractivity contribution in [3.63, 3.8) is 0 Å². The Balaban J connectivity index is 1.78. The first kappa shape index (κ1) is 19.9. The highest BCUT2D eigenvalue weighted by Gasteiger charge is 2.58. The number of nitriles is 1. The predicted octanol–water partition coefficient (Wildman–Crippen LogP) is 4.11. The van der Waals surface area contributed by atoms with Crippen LogP contribution in [-0.2, 0) is 0 Å². The standard InChI is InChI=1S/C19H19F4N3S/c20-15-3-5-16(6-4-15)27-11-7-14-2-1-8-18(12-24,17(14)19(21,22)23)26-10-9-25-13-26/h1-6,8,17,25H,7,9-11,13H2. The number of thioether (sulfide) groups is 1. The molecule has 1 heterocycles. The number of halogens is 4. The van der Waals surface area contributed by atoms with Crippen LogP contribution in [0.25, 0.3) is 0 Å². The second kappa shape index (κ2) is 8.05. The summed E-state index contributed by atoms with van der Waals surface area (Å²) in [4.78, 5) is 2.35. The van der Waals surface area contributed by atoms with Gasteiger partial charge in [-0.3, -0.25) is 4.90 Å². The van der Waals surface area contributed by atoms with Crippen LogP contribution in [0.5, 0.6) is 0 Å². The van der Waals surface area contributed by atoms with Crippen molar-refractivity contribution < 1.29 is 17.6 Å². The van der Waals surface area contributed by atoms with Crippen molar-refractivity contribution in [3.05, 3.63) is 53.9 Å². The van der Waals surface area contributed by atoms with E-state index in [1.807, 2.05) is 6.07 Å². The van der Waals surface area contributed by atoms with E-state index in [1.165, 1.54) is 36.0 Å². The lowest BCUT2D eigenvalue weighted by atomic mass is 9.74. The number of allylic oxidation sites excluding steroid dienone is 2. The molecule has 1 N–H and O–H groups in total. The number of alkyl halides is 3. The van der Waals surface area contributed by atoms with Crippen molar-refractivity contribution in [2.75, 3.05) is 25.5 Å². The first-order chi connectivity index (χ1) is 12.9. The summed E-state index contributed by atoms with van der Waals surface area (Å²) in [6.45, 7) is 1.20. The highest BCUT2D eigenvalue weighted by atomic mass is 32.2. The molecular weight excluding hydrogens is 378 g/mol. The second-order valence-corrected chi connectivity index (χ2v) is 7.65. The minimum Gasteiger partial charge on any atom is -0.303 e. The van der Waals surface area contributed by atoms with Crippen LogP contribution < -0.4 is 5.32 Å². The van der Waals surface area contributed by atoms with Crippen LogP contribution in [0.1, 0.15) is 6.42 Å². The summed E-state index contributed by atoms with van der Waals surface area (Å²) in [5.41, 5.74) is -1.53. The summed E-state index contributed by atoms with van der Waals surface area (Å²) >= 11 is 1.37. The van der Waals surface area contributed by atoms with Gasteiger partial charge in [0, 0.05) is 30.4 Å². The van der Waals surface area contributed by atoms with Crippen molar-refractivity contribution >= 4 is 11.8 Å². The van der Waals surface area contributed by atoms with E-state index in [2.05, 4.69) is 5.32 Å². The lowest BCUT2D eigenvalue weighted by Crippen LogP contribution is -2.57. The molecular formula is C19H19F4N3S. The zero-order valence-electron chi connectivity index (χ0n) is 14.5. The van der Waals surface area contributed by atoms with Gasteiger partial charge in [-0.2, -0.15) is 18.4 Å². The number of benzene rings is 1. The molecule has 0 spiro atoms. The number of hydrogen-bond donors (Lipinski definition) is 1. The topological polar surface area (TPSA) is 39.1 Å². The number of nitrogens with one attached hydrogen (secondary N) is 1. The van der Waals surface area contributed by atoms with Crippen LogP contribution >= 0.6 is 11.8 Å².